The minimum absolute atomic E-state index is 0.390. The van der Waals surface area contributed by atoms with Crippen LogP contribution in [-0.4, -0.2) is 33.3 Å². The highest BCUT2D eigenvalue weighted by Gasteiger charge is 2.45. The molecule has 0 spiro atoms. The fraction of sp³-hybridized carbons (Fsp3) is 0.533. The van der Waals surface area contributed by atoms with Crippen molar-refractivity contribution in [2.24, 2.45) is 5.92 Å². The summed E-state index contributed by atoms with van der Waals surface area (Å²) in [5.41, 5.74) is 0.546. The van der Waals surface area contributed by atoms with E-state index < -0.39 is 5.54 Å². The fourth-order valence-corrected chi connectivity index (χ4v) is 2.20. The Kier molecular flexibility index (Phi) is 3.96. The highest BCUT2D eigenvalue weighted by molar-refractivity contribution is 5.49. The summed E-state index contributed by atoms with van der Waals surface area (Å²) >= 11 is 0. The smallest absolute Gasteiger partial charge is 0.143 e. The molecule has 0 aliphatic heterocycles. The normalized spacial score (nSPS) is 17.4. The van der Waals surface area contributed by atoms with Gasteiger partial charge in [0.15, 0.2) is 0 Å². The molecule has 102 valence electrons. The second kappa shape index (κ2) is 5.50. The van der Waals surface area contributed by atoms with Crippen LogP contribution in [0.25, 0.3) is 0 Å². The third-order valence-electron chi connectivity index (χ3n) is 3.72. The maximum atomic E-state index is 9.41. The van der Waals surface area contributed by atoms with E-state index in [-0.39, 0.29) is 0 Å². The first-order valence-corrected chi connectivity index (χ1v) is 6.61. The molecule has 0 saturated heterocycles. The van der Waals surface area contributed by atoms with Crippen molar-refractivity contribution in [1.82, 2.24) is 5.32 Å². The van der Waals surface area contributed by atoms with E-state index in [0.717, 1.165) is 24.3 Å². The van der Waals surface area contributed by atoms with Crippen LogP contribution >= 0.6 is 0 Å². The second-order valence-electron chi connectivity index (χ2n) is 5.29. The minimum atomic E-state index is -0.547. The predicted octanol–water partition coefficient (Wildman–Crippen LogP) is 2.02. The third-order valence-corrected chi connectivity index (χ3v) is 3.72. The van der Waals surface area contributed by atoms with Gasteiger partial charge in [-0.05, 0) is 37.9 Å². The zero-order valence-electron chi connectivity index (χ0n) is 11.8. The van der Waals surface area contributed by atoms with Gasteiger partial charge in [-0.25, -0.2) is 0 Å². The molecule has 1 fully saturated rings. The molecule has 4 heteroatoms. The van der Waals surface area contributed by atoms with E-state index >= 15 is 0 Å². The van der Waals surface area contributed by atoms with Crippen molar-refractivity contribution in [2.45, 2.75) is 18.4 Å². The Labute approximate surface area is 115 Å². The topological polar surface area (TPSA) is 48.3 Å². The minimum Gasteiger partial charge on any atom is -0.490 e. The van der Waals surface area contributed by atoms with Crippen molar-refractivity contribution in [3.63, 3.8) is 0 Å². The van der Waals surface area contributed by atoms with Crippen LogP contribution in [0.1, 0.15) is 12.8 Å². The summed E-state index contributed by atoms with van der Waals surface area (Å²) in [4.78, 5) is 2.03. The molecule has 1 aromatic carbocycles. The Hall–Kier alpha value is -1.73. The SMILES string of the molecule is CNC(C#N)(COc1cccc(N(C)C)c1)C1CC1. The molecule has 0 amide bonds. The fourth-order valence-electron chi connectivity index (χ4n) is 2.20. The summed E-state index contributed by atoms with van der Waals surface area (Å²) < 4.78 is 5.83. The molecule has 1 saturated carbocycles. The number of hydrogen-bond acceptors (Lipinski definition) is 4. The number of nitrogens with zero attached hydrogens (tertiary/aromatic N) is 2. The second-order valence-corrected chi connectivity index (χ2v) is 5.29. The highest BCUT2D eigenvalue weighted by atomic mass is 16.5. The molecule has 1 N–H and O–H groups in total. The number of hydrogen-bond donors (Lipinski definition) is 1. The van der Waals surface area contributed by atoms with Crippen molar-refractivity contribution in [3.05, 3.63) is 24.3 Å². The van der Waals surface area contributed by atoms with Gasteiger partial charge >= 0.3 is 0 Å². The van der Waals surface area contributed by atoms with E-state index in [9.17, 15) is 5.26 Å². The number of ether oxygens (including phenoxy) is 1. The molecule has 1 aliphatic carbocycles. The maximum absolute atomic E-state index is 9.41. The number of rotatable bonds is 6. The van der Waals surface area contributed by atoms with Crippen LogP contribution < -0.4 is 15.0 Å². The first-order valence-electron chi connectivity index (χ1n) is 6.61. The average Bonchev–Trinajstić information content (AvgIpc) is 3.26. The van der Waals surface area contributed by atoms with Crippen LogP contribution in [0.4, 0.5) is 5.69 Å². The highest BCUT2D eigenvalue weighted by Crippen LogP contribution is 2.39. The van der Waals surface area contributed by atoms with Gasteiger partial charge in [-0.15, -0.1) is 0 Å². The van der Waals surface area contributed by atoms with Gasteiger partial charge in [-0.2, -0.15) is 5.26 Å². The lowest BCUT2D eigenvalue weighted by Crippen LogP contribution is -2.49. The van der Waals surface area contributed by atoms with Gasteiger partial charge in [0, 0.05) is 25.8 Å². The predicted molar refractivity (Wildman–Crippen MR) is 76.4 cm³/mol. The van der Waals surface area contributed by atoms with Crippen LogP contribution in [0.2, 0.25) is 0 Å². The number of nitrogens with one attached hydrogen (secondary N) is 1. The molecule has 4 nitrogen and oxygen atoms in total. The summed E-state index contributed by atoms with van der Waals surface area (Å²) in [6, 6.07) is 10.3. The zero-order chi connectivity index (χ0) is 13.9. The molecule has 0 bridgehead atoms. The van der Waals surface area contributed by atoms with E-state index in [4.69, 9.17) is 4.74 Å². The summed E-state index contributed by atoms with van der Waals surface area (Å²) in [7, 11) is 5.83. The van der Waals surface area contributed by atoms with E-state index in [1.165, 1.54) is 0 Å². The first kappa shape index (κ1) is 13.7. The van der Waals surface area contributed by atoms with E-state index in [2.05, 4.69) is 11.4 Å². The Bertz CT molecular complexity index is 477. The molecular weight excluding hydrogens is 238 g/mol. The molecule has 2 rings (SSSR count). The molecule has 0 radical (unpaired) electrons. The van der Waals surface area contributed by atoms with Gasteiger partial charge in [0.2, 0.25) is 0 Å². The molecule has 1 atom stereocenters. The largest absolute Gasteiger partial charge is 0.490 e. The Morgan fingerprint density at radius 3 is 2.74 bits per heavy atom. The van der Waals surface area contributed by atoms with Gasteiger partial charge in [0.25, 0.3) is 0 Å². The van der Waals surface area contributed by atoms with Crippen molar-refractivity contribution in [1.29, 1.82) is 5.26 Å². The molecular formula is C15H21N3O. The van der Waals surface area contributed by atoms with Gasteiger partial charge in [-0.1, -0.05) is 6.07 Å². The number of benzene rings is 1. The van der Waals surface area contributed by atoms with Gasteiger partial charge in [0.05, 0.1) is 6.07 Å². The van der Waals surface area contributed by atoms with Gasteiger partial charge in [0.1, 0.15) is 17.9 Å². The molecule has 19 heavy (non-hydrogen) atoms. The van der Waals surface area contributed by atoms with Crippen molar-refractivity contribution >= 4 is 5.69 Å². The van der Waals surface area contributed by atoms with Crippen LogP contribution in [-0.2, 0) is 0 Å². The Balaban J connectivity index is 2.05. The molecule has 0 aromatic heterocycles. The standard InChI is InChI=1S/C15H21N3O/c1-17-15(10-16,12-7-8-12)11-19-14-6-4-5-13(9-14)18(2)3/h4-6,9,12,17H,7-8,11H2,1-3H3. The first-order chi connectivity index (χ1) is 9.11. The van der Waals surface area contributed by atoms with Crippen LogP contribution in [0.15, 0.2) is 24.3 Å². The quantitative estimate of drug-likeness (QED) is 0.849. The third kappa shape index (κ3) is 2.99. The zero-order valence-corrected chi connectivity index (χ0v) is 11.8. The van der Waals surface area contributed by atoms with Gasteiger partial charge < -0.3 is 9.64 Å². The average molecular weight is 259 g/mol. The molecule has 0 heterocycles. The van der Waals surface area contributed by atoms with Gasteiger partial charge in [-0.3, -0.25) is 5.32 Å². The summed E-state index contributed by atoms with van der Waals surface area (Å²) in [5.74, 6) is 1.22. The van der Waals surface area contributed by atoms with Crippen LogP contribution in [0, 0.1) is 17.2 Å². The molecule has 1 aromatic rings. The van der Waals surface area contributed by atoms with E-state index in [1.807, 2.05) is 50.3 Å². The van der Waals surface area contributed by atoms with Crippen molar-refractivity contribution in [3.8, 4) is 11.8 Å². The number of likely N-dealkylation sites (N-methyl/N-ethyl adjacent to an activating group) is 1. The Morgan fingerprint density at radius 1 is 1.47 bits per heavy atom. The van der Waals surface area contributed by atoms with Crippen LogP contribution in [0.3, 0.4) is 0 Å². The summed E-state index contributed by atoms with van der Waals surface area (Å²) in [6.07, 6.45) is 2.21. The lowest BCUT2D eigenvalue weighted by atomic mass is 9.96. The Morgan fingerprint density at radius 2 is 2.21 bits per heavy atom. The van der Waals surface area contributed by atoms with E-state index in [0.29, 0.717) is 12.5 Å². The summed E-state index contributed by atoms with van der Waals surface area (Å²) in [6.45, 7) is 0.390. The van der Waals surface area contributed by atoms with Crippen molar-refractivity contribution < 1.29 is 4.74 Å². The number of anilines is 1. The lowest BCUT2D eigenvalue weighted by Gasteiger charge is -2.26. The summed E-state index contributed by atoms with van der Waals surface area (Å²) in [5, 5.41) is 12.5. The maximum Gasteiger partial charge on any atom is 0.143 e. The molecule has 1 aliphatic rings. The number of nitriles is 1. The monoisotopic (exact) mass is 259 g/mol. The lowest BCUT2D eigenvalue weighted by molar-refractivity contribution is 0.211. The molecule has 1 unspecified atom stereocenters. The van der Waals surface area contributed by atoms with Crippen LogP contribution in [0.5, 0.6) is 5.75 Å². The van der Waals surface area contributed by atoms with Crippen molar-refractivity contribution in [2.75, 3.05) is 32.6 Å². The van der Waals surface area contributed by atoms with E-state index in [1.54, 1.807) is 0 Å².